The Balaban J connectivity index is 1.98. The number of ether oxygens (including phenoxy) is 1. The van der Waals surface area contributed by atoms with E-state index in [9.17, 15) is 13.2 Å². The van der Waals surface area contributed by atoms with Crippen LogP contribution in [-0.2, 0) is 17.1 Å². The lowest BCUT2D eigenvalue weighted by Crippen LogP contribution is -2.13. The molecule has 0 saturated carbocycles. The molecule has 0 unspecified atom stereocenters. The van der Waals surface area contributed by atoms with Gasteiger partial charge in [0, 0.05) is 7.05 Å². The number of aryl methyl sites for hydroxylation is 1. The molecular weight excluding hydrogens is 372 g/mol. The van der Waals surface area contributed by atoms with E-state index < -0.39 is 10.0 Å². The van der Waals surface area contributed by atoms with Crippen LogP contribution in [-0.4, -0.2) is 20.1 Å². The van der Waals surface area contributed by atoms with Gasteiger partial charge < -0.3 is 9.30 Å². The monoisotopic (exact) mass is 384 g/mol. The first-order valence-corrected chi connectivity index (χ1v) is 9.45. The lowest BCUT2D eigenvalue weighted by Gasteiger charge is -2.10. The Bertz CT molecular complexity index is 1090. The highest BCUT2D eigenvalue weighted by molar-refractivity contribution is 7.92. The second kappa shape index (κ2) is 6.12. The second-order valence-corrected chi connectivity index (χ2v) is 8.09. The fourth-order valence-corrected chi connectivity index (χ4v) is 4.55. The molecule has 0 amide bonds. The summed E-state index contributed by atoms with van der Waals surface area (Å²) in [5.41, 5.74) is 1.01. The standard InChI is InChI=1S/C15H13ClN2O4S2/c1-18-12-5-4-10(8-14(12)23-15(18)19)24(20,21)17-9-3-6-13(22-2)11(16)7-9/h3-8,17H,1-2H3. The zero-order chi connectivity index (χ0) is 17.5. The SMILES string of the molecule is COc1ccc(NS(=O)(=O)c2ccc3c(c2)sc(=O)n3C)cc1Cl. The first-order valence-electron chi connectivity index (χ1n) is 6.78. The van der Waals surface area contributed by atoms with E-state index in [1.54, 1.807) is 25.2 Å². The summed E-state index contributed by atoms with van der Waals surface area (Å²) in [6.45, 7) is 0. The number of hydrogen-bond donors (Lipinski definition) is 1. The summed E-state index contributed by atoms with van der Waals surface area (Å²) in [6.07, 6.45) is 0. The van der Waals surface area contributed by atoms with Crippen molar-refractivity contribution in [2.45, 2.75) is 4.90 Å². The first kappa shape index (κ1) is 16.8. The molecule has 0 spiro atoms. The van der Waals surface area contributed by atoms with E-state index >= 15 is 0 Å². The van der Waals surface area contributed by atoms with Crippen molar-refractivity contribution in [3.63, 3.8) is 0 Å². The Morgan fingerprint density at radius 2 is 1.96 bits per heavy atom. The van der Waals surface area contributed by atoms with Gasteiger partial charge in [-0.15, -0.1) is 0 Å². The molecular formula is C15H13ClN2O4S2. The normalized spacial score (nSPS) is 11.6. The minimum Gasteiger partial charge on any atom is -0.495 e. The number of nitrogens with zero attached hydrogens (tertiary/aromatic N) is 1. The highest BCUT2D eigenvalue weighted by atomic mass is 35.5. The molecule has 0 atom stereocenters. The highest BCUT2D eigenvalue weighted by Crippen LogP contribution is 2.29. The van der Waals surface area contributed by atoms with Crippen LogP contribution in [0.25, 0.3) is 10.2 Å². The molecule has 0 aliphatic heterocycles. The Kier molecular flexibility index (Phi) is 4.29. The van der Waals surface area contributed by atoms with Gasteiger partial charge in [0.2, 0.25) is 0 Å². The van der Waals surface area contributed by atoms with Gasteiger partial charge in [-0.3, -0.25) is 9.52 Å². The average Bonchev–Trinajstić information content (AvgIpc) is 2.81. The summed E-state index contributed by atoms with van der Waals surface area (Å²) in [6, 6.07) is 9.16. The van der Waals surface area contributed by atoms with Gasteiger partial charge in [-0.1, -0.05) is 22.9 Å². The Labute approximate surface area is 147 Å². The molecule has 0 fully saturated rings. The van der Waals surface area contributed by atoms with Crippen molar-refractivity contribution in [1.29, 1.82) is 0 Å². The average molecular weight is 385 g/mol. The number of benzene rings is 2. The second-order valence-electron chi connectivity index (χ2n) is 5.01. The maximum absolute atomic E-state index is 12.5. The molecule has 0 aliphatic rings. The minimum absolute atomic E-state index is 0.0730. The molecule has 24 heavy (non-hydrogen) atoms. The van der Waals surface area contributed by atoms with Crippen molar-refractivity contribution in [3.8, 4) is 5.75 Å². The van der Waals surface area contributed by atoms with Gasteiger partial charge in [0.15, 0.2) is 0 Å². The molecule has 0 saturated heterocycles. The molecule has 0 radical (unpaired) electrons. The molecule has 3 aromatic rings. The van der Waals surface area contributed by atoms with Crippen LogP contribution < -0.4 is 14.3 Å². The lowest BCUT2D eigenvalue weighted by atomic mass is 10.3. The van der Waals surface area contributed by atoms with Crippen LogP contribution in [0.3, 0.4) is 0 Å². The molecule has 126 valence electrons. The summed E-state index contributed by atoms with van der Waals surface area (Å²) in [5, 5.41) is 0.300. The van der Waals surface area contributed by atoms with E-state index in [1.165, 1.54) is 29.9 Å². The van der Waals surface area contributed by atoms with Crippen LogP contribution in [0.2, 0.25) is 5.02 Å². The van der Waals surface area contributed by atoms with Gasteiger partial charge in [0.25, 0.3) is 10.0 Å². The molecule has 0 aliphatic carbocycles. The van der Waals surface area contributed by atoms with Crippen molar-refractivity contribution in [3.05, 3.63) is 51.1 Å². The lowest BCUT2D eigenvalue weighted by molar-refractivity contribution is 0.415. The number of fused-ring (bicyclic) bond motifs is 1. The Morgan fingerprint density at radius 3 is 2.62 bits per heavy atom. The summed E-state index contributed by atoms with van der Waals surface area (Å²) >= 11 is 7.01. The first-order chi connectivity index (χ1) is 11.3. The van der Waals surface area contributed by atoms with Gasteiger partial charge >= 0.3 is 4.87 Å². The van der Waals surface area contributed by atoms with E-state index in [4.69, 9.17) is 16.3 Å². The summed E-state index contributed by atoms with van der Waals surface area (Å²) < 4.78 is 34.7. The number of hydrogen-bond acceptors (Lipinski definition) is 5. The molecule has 1 N–H and O–H groups in total. The molecule has 1 aromatic heterocycles. The van der Waals surface area contributed by atoms with Crippen LogP contribution in [0, 0.1) is 0 Å². The number of sulfonamides is 1. The minimum atomic E-state index is -3.80. The third kappa shape index (κ3) is 3.00. The van der Waals surface area contributed by atoms with Gasteiger partial charge in [-0.2, -0.15) is 0 Å². The largest absolute Gasteiger partial charge is 0.495 e. The van der Waals surface area contributed by atoms with Gasteiger partial charge in [0.1, 0.15) is 5.75 Å². The molecule has 6 nitrogen and oxygen atoms in total. The van der Waals surface area contributed by atoms with Crippen LogP contribution in [0.4, 0.5) is 5.69 Å². The predicted octanol–water partition coefficient (Wildman–Crippen LogP) is 3.06. The number of halogens is 1. The molecule has 2 aromatic carbocycles. The summed E-state index contributed by atoms with van der Waals surface area (Å²) in [5.74, 6) is 0.454. The zero-order valence-corrected chi connectivity index (χ0v) is 15.1. The number of anilines is 1. The topological polar surface area (TPSA) is 77.4 Å². The third-order valence-electron chi connectivity index (χ3n) is 3.48. The van der Waals surface area contributed by atoms with Crippen LogP contribution in [0.5, 0.6) is 5.75 Å². The van der Waals surface area contributed by atoms with E-state index in [2.05, 4.69) is 4.72 Å². The van der Waals surface area contributed by atoms with E-state index in [-0.39, 0.29) is 9.77 Å². The van der Waals surface area contributed by atoms with Crippen molar-refractivity contribution in [2.75, 3.05) is 11.8 Å². The van der Waals surface area contributed by atoms with Gasteiger partial charge in [-0.05, 0) is 36.4 Å². The Morgan fingerprint density at radius 1 is 1.21 bits per heavy atom. The maximum atomic E-state index is 12.5. The number of methoxy groups -OCH3 is 1. The molecule has 9 heteroatoms. The maximum Gasteiger partial charge on any atom is 0.307 e. The van der Waals surface area contributed by atoms with E-state index in [1.807, 2.05) is 0 Å². The number of rotatable bonds is 4. The Hall–Kier alpha value is -2.03. The summed E-state index contributed by atoms with van der Waals surface area (Å²) in [4.78, 5) is 11.6. The van der Waals surface area contributed by atoms with Crippen molar-refractivity contribution >= 4 is 48.9 Å². The fourth-order valence-electron chi connectivity index (χ4n) is 2.23. The molecule has 3 rings (SSSR count). The number of thiazole rings is 1. The highest BCUT2D eigenvalue weighted by Gasteiger charge is 2.17. The van der Waals surface area contributed by atoms with Gasteiger partial charge in [0.05, 0.1) is 32.9 Å². The quantitative estimate of drug-likeness (QED) is 0.749. The predicted molar refractivity (Wildman–Crippen MR) is 95.9 cm³/mol. The molecule has 1 heterocycles. The van der Waals surface area contributed by atoms with Gasteiger partial charge in [-0.25, -0.2) is 8.42 Å². The smallest absolute Gasteiger partial charge is 0.307 e. The number of nitrogens with one attached hydrogen (secondary N) is 1. The zero-order valence-electron chi connectivity index (χ0n) is 12.7. The molecule has 0 bridgehead atoms. The van der Waals surface area contributed by atoms with E-state index in [0.29, 0.717) is 26.7 Å². The third-order valence-corrected chi connectivity index (χ3v) is 6.15. The van der Waals surface area contributed by atoms with Crippen LogP contribution in [0.15, 0.2) is 46.1 Å². The van der Waals surface area contributed by atoms with Crippen molar-refractivity contribution in [1.82, 2.24) is 4.57 Å². The van der Waals surface area contributed by atoms with Crippen LogP contribution in [0.1, 0.15) is 0 Å². The summed E-state index contributed by atoms with van der Waals surface area (Å²) in [7, 11) is -0.675. The van der Waals surface area contributed by atoms with Crippen molar-refractivity contribution in [2.24, 2.45) is 7.05 Å². The van der Waals surface area contributed by atoms with Crippen LogP contribution >= 0.6 is 22.9 Å². The van der Waals surface area contributed by atoms with E-state index in [0.717, 1.165) is 11.3 Å². The van der Waals surface area contributed by atoms with Crippen molar-refractivity contribution < 1.29 is 13.2 Å². The fraction of sp³-hybridized carbons (Fsp3) is 0.133. The number of aromatic nitrogens is 1.